The molecule has 0 aromatic carbocycles. The first-order chi connectivity index (χ1) is 9.49. The molecule has 20 heavy (non-hydrogen) atoms. The van der Waals surface area contributed by atoms with Crippen molar-refractivity contribution in [3.63, 3.8) is 0 Å². The van der Waals surface area contributed by atoms with Crippen LogP contribution in [0.1, 0.15) is 47.5 Å². The van der Waals surface area contributed by atoms with E-state index in [9.17, 15) is 4.79 Å². The van der Waals surface area contributed by atoms with Crippen LogP contribution in [0.3, 0.4) is 0 Å². The third-order valence-corrected chi connectivity index (χ3v) is 5.77. The smallest absolute Gasteiger partial charge is 0.374 e. The molecule has 118 valence electrons. The van der Waals surface area contributed by atoms with Gasteiger partial charge in [0.25, 0.3) is 0 Å². The van der Waals surface area contributed by atoms with Crippen LogP contribution in [-0.2, 0) is 18.1 Å². The molecule has 0 aromatic heterocycles. The third kappa shape index (κ3) is 8.58. The van der Waals surface area contributed by atoms with Crippen LogP contribution in [0.5, 0.6) is 0 Å². The Kier molecular flexibility index (Phi) is 10.8. The summed E-state index contributed by atoms with van der Waals surface area (Å²) >= 11 is 0. The van der Waals surface area contributed by atoms with Gasteiger partial charge in [-0.2, -0.15) is 0 Å². The Labute approximate surface area is 124 Å². The lowest BCUT2D eigenvalue weighted by Crippen LogP contribution is -2.46. The lowest BCUT2D eigenvalue weighted by Gasteiger charge is -2.28. The van der Waals surface area contributed by atoms with Gasteiger partial charge in [-0.3, -0.25) is 9.79 Å². The Hall–Kier alpha value is -0.563. The number of aliphatic imine (C=N–C) groups is 1. The lowest BCUT2D eigenvalue weighted by atomic mass is 10.2. The Morgan fingerprint density at radius 3 is 1.90 bits per heavy atom. The Balaban J connectivity index is 4.34. The first-order valence-corrected chi connectivity index (χ1v) is 9.34. The van der Waals surface area contributed by atoms with Crippen LogP contribution in [0.4, 0.5) is 0 Å². The molecule has 0 saturated carbocycles. The SMILES string of the molecule is CCO[Si](CCCN=C(C)CC(C)=O)(OCC)OCC. The van der Waals surface area contributed by atoms with Crippen LogP contribution in [0.15, 0.2) is 4.99 Å². The highest BCUT2D eigenvalue weighted by atomic mass is 28.4. The van der Waals surface area contributed by atoms with Crippen molar-refractivity contribution in [2.45, 2.75) is 53.5 Å². The maximum absolute atomic E-state index is 11.0. The fourth-order valence-corrected chi connectivity index (χ4v) is 4.58. The molecule has 0 amide bonds. The average molecular weight is 303 g/mol. The van der Waals surface area contributed by atoms with Gasteiger partial charge in [0.15, 0.2) is 0 Å². The highest BCUT2D eigenvalue weighted by Gasteiger charge is 2.39. The number of carbonyl (C=O) groups excluding carboxylic acids is 1. The molecule has 0 rings (SSSR count). The van der Waals surface area contributed by atoms with Crippen molar-refractivity contribution in [2.75, 3.05) is 26.4 Å². The molecule has 0 fully saturated rings. The third-order valence-electron chi connectivity index (χ3n) is 2.62. The Bertz CT molecular complexity index is 291. The molecular formula is C14H29NO4Si. The number of ketones is 1. The van der Waals surface area contributed by atoms with Crippen LogP contribution in [0.2, 0.25) is 6.04 Å². The van der Waals surface area contributed by atoms with E-state index in [1.807, 2.05) is 27.7 Å². The Morgan fingerprint density at radius 2 is 1.50 bits per heavy atom. The van der Waals surface area contributed by atoms with Gasteiger partial charge in [0, 0.05) is 44.5 Å². The molecule has 0 unspecified atom stereocenters. The van der Waals surface area contributed by atoms with E-state index in [-0.39, 0.29) is 5.78 Å². The largest absolute Gasteiger partial charge is 0.500 e. The average Bonchev–Trinajstić information content (AvgIpc) is 2.35. The van der Waals surface area contributed by atoms with Crippen molar-refractivity contribution in [2.24, 2.45) is 4.99 Å². The zero-order valence-electron chi connectivity index (χ0n) is 13.5. The first kappa shape index (κ1) is 19.4. The molecule has 0 N–H and O–H groups in total. The lowest BCUT2D eigenvalue weighted by molar-refractivity contribution is -0.115. The van der Waals surface area contributed by atoms with E-state index in [1.54, 1.807) is 6.92 Å². The zero-order valence-corrected chi connectivity index (χ0v) is 14.5. The maximum Gasteiger partial charge on any atom is 0.500 e. The van der Waals surface area contributed by atoms with Gasteiger partial charge < -0.3 is 13.3 Å². The summed E-state index contributed by atoms with van der Waals surface area (Å²) in [5, 5.41) is 0. The van der Waals surface area contributed by atoms with Crippen LogP contribution in [0, 0.1) is 0 Å². The number of rotatable bonds is 12. The summed E-state index contributed by atoms with van der Waals surface area (Å²) in [6.45, 7) is 11.8. The predicted octanol–water partition coefficient (Wildman–Crippen LogP) is 2.86. The van der Waals surface area contributed by atoms with Crippen molar-refractivity contribution in [3.05, 3.63) is 0 Å². The second-order valence-corrected chi connectivity index (χ2v) is 7.31. The van der Waals surface area contributed by atoms with E-state index in [4.69, 9.17) is 13.3 Å². The van der Waals surface area contributed by atoms with E-state index >= 15 is 0 Å². The number of carbonyl (C=O) groups is 1. The molecule has 0 radical (unpaired) electrons. The summed E-state index contributed by atoms with van der Waals surface area (Å²) in [7, 11) is -2.54. The molecule has 0 aromatic rings. The molecule has 0 atom stereocenters. The zero-order chi connectivity index (χ0) is 15.4. The summed E-state index contributed by atoms with van der Waals surface area (Å²) in [6, 6.07) is 0.763. The summed E-state index contributed by atoms with van der Waals surface area (Å²) in [6.07, 6.45) is 1.28. The number of nitrogens with zero attached hydrogens (tertiary/aromatic N) is 1. The van der Waals surface area contributed by atoms with E-state index in [1.165, 1.54) is 0 Å². The molecule has 0 saturated heterocycles. The normalized spacial score (nSPS) is 12.8. The van der Waals surface area contributed by atoms with E-state index in [2.05, 4.69) is 4.99 Å². The second-order valence-electron chi connectivity index (χ2n) is 4.58. The standard InChI is InChI=1S/C14H29NO4Si/c1-6-17-20(18-7-2,19-8-3)11-9-10-15-13(4)12-14(5)16/h6-12H2,1-5H3. The van der Waals surface area contributed by atoms with Gasteiger partial charge in [0.1, 0.15) is 5.78 Å². The fourth-order valence-electron chi connectivity index (χ4n) is 1.98. The van der Waals surface area contributed by atoms with E-state index in [0.717, 1.165) is 18.2 Å². The van der Waals surface area contributed by atoms with Gasteiger partial charge in [-0.15, -0.1) is 0 Å². The van der Waals surface area contributed by atoms with Crippen LogP contribution in [0.25, 0.3) is 0 Å². The topological polar surface area (TPSA) is 57.1 Å². The second kappa shape index (κ2) is 11.1. The van der Waals surface area contributed by atoms with Crippen molar-refractivity contribution >= 4 is 20.3 Å². The molecule has 0 aliphatic heterocycles. The summed E-state index contributed by atoms with van der Waals surface area (Å²) in [5.74, 6) is 0.146. The van der Waals surface area contributed by atoms with Gasteiger partial charge in [0.2, 0.25) is 0 Å². The van der Waals surface area contributed by atoms with Gasteiger partial charge in [-0.1, -0.05) is 0 Å². The molecular weight excluding hydrogens is 274 g/mol. The van der Waals surface area contributed by atoms with Gasteiger partial charge in [-0.25, -0.2) is 0 Å². The molecule has 0 aliphatic rings. The molecule has 5 nitrogen and oxygen atoms in total. The minimum atomic E-state index is -2.54. The number of hydrogen-bond donors (Lipinski definition) is 0. The number of hydrogen-bond acceptors (Lipinski definition) is 5. The van der Waals surface area contributed by atoms with E-state index < -0.39 is 8.80 Å². The van der Waals surface area contributed by atoms with E-state index in [0.29, 0.717) is 32.8 Å². The van der Waals surface area contributed by atoms with Crippen molar-refractivity contribution < 1.29 is 18.1 Å². The van der Waals surface area contributed by atoms with Crippen molar-refractivity contribution in [1.29, 1.82) is 0 Å². The first-order valence-electron chi connectivity index (χ1n) is 7.40. The molecule has 0 aliphatic carbocycles. The molecule has 0 spiro atoms. The van der Waals surface area contributed by atoms with Gasteiger partial charge >= 0.3 is 8.80 Å². The quantitative estimate of drug-likeness (QED) is 0.316. The van der Waals surface area contributed by atoms with Crippen molar-refractivity contribution in [1.82, 2.24) is 0 Å². The monoisotopic (exact) mass is 303 g/mol. The molecule has 0 heterocycles. The summed E-state index contributed by atoms with van der Waals surface area (Å²) < 4.78 is 17.3. The molecule has 0 bridgehead atoms. The van der Waals surface area contributed by atoms with Crippen LogP contribution in [-0.4, -0.2) is 46.7 Å². The molecule has 6 heteroatoms. The minimum Gasteiger partial charge on any atom is -0.374 e. The maximum atomic E-state index is 11.0. The fraction of sp³-hybridized carbons (Fsp3) is 0.857. The van der Waals surface area contributed by atoms with Crippen molar-refractivity contribution in [3.8, 4) is 0 Å². The van der Waals surface area contributed by atoms with Gasteiger partial charge in [-0.05, 0) is 41.0 Å². The van der Waals surface area contributed by atoms with Crippen LogP contribution >= 0.6 is 0 Å². The summed E-state index contributed by atoms with van der Waals surface area (Å²) in [5.41, 5.74) is 0.883. The minimum absolute atomic E-state index is 0.146. The highest BCUT2D eigenvalue weighted by Crippen LogP contribution is 2.18. The van der Waals surface area contributed by atoms with Crippen LogP contribution < -0.4 is 0 Å². The highest BCUT2D eigenvalue weighted by molar-refractivity contribution is 6.60. The summed E-state index contributed by atoms with van der Waals surface area (Å²) in [4.78, 5) is 15.4. The Morgan fingerprint density at radius 1 is 1.00 bits per heavy atom. The van der Waals surface area contributed by atoms with Gasteiger partial charge in [0.05, 0.1) is 0 Å². The predicted molar refractivity (Wildman–Crippen MR) is 83.3 cm³/mol. The number of Topliss-reactive ketones (excluding diaryl/α,β-unsaturated/α-hetero) is 1.